The van der Waals surface area contributed by atoms with Gasteiger partial charge in [0.2, 0.25) is 0 Å². The van der Waals surface area contributed by atoms with Gasteiger partial charge in [0.25, 0.3) is 5.91 Å². The van der Waals surface area contributed by atoms with Crippen molar-refractivity contribution >= 4 is 34.6 Å². The lowest BCUT2D eigenvalue weighted by atomic mass is 10.1. The Labute approximate surface area is 176 Å². The van der Waals surface area contributed by atoms with Crippen LogP contribution in [0, 0.1) is 0 Å². The van der Waals surface area contributed by atoms with Crippen LogP contribution < -0.4 is 9.64 Å². The Morgan fingerprint density at radius 1 is 1.20 bits per heavy atom. The van der Waals surface area contributed by atoms with Crippen molar-refractivity contribution < 1.29 is 22.7 Å². The van der Waals surface area contributed by atoms with Crippen molar-refractivity contribution in [3.63, 3.8) is 0 Å². The third-order valence-electron chi connectivity index (χ3n) is 4.62. The smallest absolute Gasteiger partial charge is 0.416 e. The van der Waals surface area contributed by atoms with Crippen molar-refractivity contribution in [3.8, 4) is 5.75 Å². The number of carbonyl (C=O) groups excluding carboxylic acids is 1. The Morgan fingerprint density at radius 3 is 2.73 bits per heavy atom. The molecule has 0 aliphatic carbocycles. The molecule has 0 atom stereocenters. The number of halogens is 3. The van der Waals surface area contributed by atoms with E-state index < -0.39 is 17.6 Å². The summed E-state index contributed by atoms with van der Waals surface area (Å²) in [6, 6.07) is 10.3. The molecule has 156 valence electrons. The van der Waals surface area contributed by atoms with Crippen LogP contribution in [-0.4, -0.2) is 23.7 Å². The molecule has 1 saturated heterocycles. The van der Waals surface area contributed by atoms with Gasteiger partial charge in [-0.3, -0.25) is 14.7 Å². The van der Waals surface area contributed by atoms with Gasteiger partial charge in [0.1, 0.15) is 5.75 Å². The van der Waals surface area contributed by atoms with Gasteiger partial charge in [-0.1, -0.05) is 12.1 Å². The molecule has 0 bridgehead atoms. The fraction of sp³-hybridized carbons (Fsp3) is 0.273. The summed E-state index contributed by atoms with van der Waals surface area (Å²) in [6.45, 7) is 4.34. The van der Waals surface area contributed by atoms with E-state index in [1.54, 1.807) is 6.08 Å². The van der Waals surface area contributed by atoms with E-state index in [0.29, 0.717) is 16.7 Å². The van der Waals surface area contributed by atoms with Gasteiger partial charge in [-0.05, 0) is 73.1 Å². The molecule has 0 saturated carbocycles. The fourth-order valence-corrected chi connectivity index (χ4v) is 4.39. The van der Waals surface area contributed by atoms with Gasteiger partial charge in [-0.2, -0.15) is 13.2 Å². The molecular weight excluding hydrogens is 413 g/mol. The van der Waals surface area contributed by atoms with E-state index in [1.165, 1.54) is 28.8 Å². The normalized spacial score (nSPS) is 19.1. The topological polar surface area (TPSA) is 41.9 Å². The molecule has 8 heteroatoms. The number of amides is 1. The zero-order chi connectivity index (χ0) is 21.5. The maximum absolute atomic E-state index is 13.2. The van der Waals surface area contributed by atoms with Gasteiger partial charge in [0, 0.05) is 12.5 Å². The number of ether oxygens (including phenoxy) is 1. The molecule has 2 aromatic carbocycles. The van der Waals surface area contributed by atoms with E-state index in [9.17, 15) is 18.0 Å². The summed E-state index contributed by atoms with van der Waals surface area (Å²) in [5, 5.41) is 0.366. The van der Waals surface area contributed by atoms with E-state index in [4.69, 9.17) is 4.74 Å². The van der Waals surface area contributed by atoms with Gasteiger partial charge in [-0.15, -0.1) is 0 Å². The molecule has 0 unspecified atom stereocenters. The lowest BCUT2D eigenvalue weighted by Crippen LogP contribution is -2.29. The zero-order valence-corrected chi connectivity index (χ0v) is 17.2. The van der Waals surface area contributed by atoms with Crippen LogP contribution in [0.3, 0.4) is 0 Å². The highest BCUT2D eigenvalue weighted by atomic mass is 32.2. The predicted octanol–water partition coefficient (Wildman–Crippen LogP) is 5.53. The molecule has 2 heterocycles. The molecule has 0 N–H and O–H groups in total. The zero-order valence-electron chi connectivity index (χ0n) is 16.4. The first-order chi connectivity index (χ1) is 14.2. The SMILES string of the molecule is CC(C)N=C1S/C(=C\c2ccc3c(c2)CCO3)C(=O)N1c1cccc(C(F)(F)F)c1. The average molecular weight is 432 g/mol. The number of benzene rings is 2. The van der Waals surface area contributed by atoms with Crippen molar-refractivity contribution in [2.75, 3.05) is 11.5 Å². The summed E-state index contributed by atoms with van der Waals surface area (Å²) in [5.74, 6) is 0.450. The molecule has 0 spiro atoms. The molecule has 4 rings (SSSR count). The summed E-state index contributed by atoms with van der Waals surface area (Å²) in [4.78, 5) is 19.3. The number of rotatable bonds is 3. The standard InChI is InChI=1S/C22H19F3N2O2S/c1-13(2)26-21-27(17-5-3-4-16(12-17)22(23,24)25)20(28)19(30-21)11-14-6-7-18-15(10-14)8-9-29-18/h3-7,10-13H,8-9H2,1-2H3/b19-11-,26-21?. The van der Waals surface area contributed by atoms with Crippen LogP contribution in [0.1, 0.15) is 30.5 Å². The summed E-state index contributed by atoms with van der Waals surface area (Å²) < 4.78 is 45.0. The Balaban J connectivity index is 1.72. The lowest BCUT2D eigenvalue weighted by molar-refractivity contribution is -0.137. The Hall–Kier alpha value is -2.74. The van der Waals surface area contributed by atoms with Crippen LogP contribution in [-0.2, 0) is 17.4 Å². The summed E-state index contributed by atoms with van der Waals surface area (Å²) in [6.07, 6.45) is -1.94. The maximum Gasteiger partial charge on any atom is 0.416 e. The first-order valence-electron chi connectivity index (χ1n) is 9.47. The first-order valence-corrected chi connectivity index (χ1v) is 10.3. The Bertz CT molecular complexity index is 1060. The van der Waals surface area contributed by atoms with Crippen LogP contribution in [0.5, 0.6) is 5.75 Å². The van der Waals surface area contributed by atoms with Crippen molar-refractivity contribution in [1.82, 2.24) is 0 Å². The van der Waals surface area contributed by atoms with Gasteiger partial charge in [-0.25, -0.2) is 0 Å². The maximum atomic E-state index is 13.2. The number of carbonyl (C=O) groups is 1. The third kappa shape index (κ3) is 4.09. The van der Waals surface area contributed by atoms with E-state index in [-0.39, 0.29) is 11.7 Å². The number of hydrogen-bond donors (Lipinski definition) is 0. The molecule has 1 fully saturated rings. The number of thioether (sulfide) groups is 1. The molecular formula is C22H19F3N2O2S. The van der Waals surface area contributed by atoms with Crippen LogP contribution in [0.2, 0.25) is 0 Å². The monoisotopic (exact) mass is 432 g/mol. The minimum atomic E-state index is -4.49. The summed E-state index contributed by atoms with van der Waals surface area (Å²) in [5.41, 5.74) is 1.25. The molecule has 2 aliphatic rings. The van der Waals surface area contributed by atoms with Crippen LogP contribution in [0.15, 0.2) is 52.4 Å². The van der Waals surface area contributed by atoms with Gasteiger partial charge in [0.15, 0.2) is 5.17 Å². The molecule has 2 aliphatic heterocycles. The highest BCUT2D eigenvalue weighted by Gasteiger charge is 2.37. The molecule has 4 nitrogen and oxygen atoms in total. The third-order valence-corrected chi connectivity index (χ3v) is 5.60. The summed E-state index contributed by atoms with van der Waals surface area (Å²) >= 11 is 1.17. The van der Waals surface area contributed by atoms with E-state index in [2.05, 4.69) is 4.99 Å². The van der Waals surface area contributed by atoms with E-state index in [0.717, 1.165) is 35.4 Å². The number of fused-ring (bicyclic) bond motifs is 1. The molecule has 30 heavy (non-hydrogen) atoms. The summed E-state index contributed by atoms with van der Waals surface area (Å²) in [7, 11) is 0. The highest BCUT2D eigenvalue weighted by molar-refractivity contribution is 8.19. The minimum Gasteiger partial charge on any atom is -0.493 e. The Kier molecular flexibility index (Phi) is 5.36. The van der Waals surface area contributed by atoms with E-state index >= 15 is 0 Å². The van der Waals surface area contributed by atoms with Crippen LogP contribution in [0.4, 0.5) is 18.9 Å². The van der Waals surface area contributed by atoms with Crippen molar-refractivity contribution in [1.29, 1.82) is 0 Å². The number of anilines is 1. The lowest BCUT2D eigenvalue weighted by Gasteiger charge is -2.18. The van der Waals surface area contributed by atoms with Crippen LogP contribution >= 0.6 is 11.8 Å². The second-order valence-corrected chi connectivity index (χ2v) is 8.28. The number of aliphatic imine (C=N–C) groups is 1. The average Bonchev–Trinajstić information content (AvgIpc) is 3.25. The second-order valence-electron chi connectivity index (χ2n) is 7.27. The van der Waals surface area contributed by atoms with Crippen molar-refractivity contribution in [2.24, 2.45) is 4.99 Å². The van der Waals surface area contributed by atoms with Crippen LogP contribution in [0.25, 0.3) is 6.08 Å². The highest BCUT2D eigenvalue weighted by Crippen LogP contribution is 2.39. The number of amidine groups is 1. The molecule has 0 radical (unpaired) electrons. The first kappa shape index (κ1) is 20.5. The predicted molar refractivity (Wildman–Crippen MR) is 113 cm³/mol. The molecule has 0 aromatic heterocycles. The molecule has 2 aromatic rings. The van der Waals surface area contributed by atoms with Gasteiger partial charge < -0.3 is 4.74 Å². The van der Waals surface area contributed by atoms with Crippen molar-refractivity contribution in [3.05, 3.63) is 64.1 Å². The van der Waals surface area contributed by atoms with Crippen molar-refractivity contribution in [2.45, 2.75) is 32.5 Å². The van der Waals surface area contributed by atoms with E-state index in [1.807, 2.05) is 32.0 Å². The largest absolute Gasteiger partial charge is 0.493 e. The van der Waals surface area contributed by atoms with Gasteiger partial charge in [0.05, 0.1) is 22.8 Å². The molecule has 1 amide bonds. The number of nitrogens with zero attached hydrogens (tertiary/aromatic N) is 2. The quantitative estimate of drug-likeness (QED) is 0.600. The Morgan fingerprint density at radius 2 is 2.00 bits per heavy atom. The van der Waals surface area contributed by atoms with Gasteiger partial charge >= 0.3 is 6.18 Å². The number of hydrogen-bond acceptors (Lipinski definition) is 4. The number of alkyl halides is 3. The minimum absolute atomic E-state index is 0.120. The second kappa shape index (κ2) is 7.83. The fourth-order valence-electron chi connectivity index (χ4n) is 3.28.